The van der Waals surface area contributed by atoms with Gasteiger partial charge in [-0.05, 0) is 48.9 Å². The number of rotatable bonds is 9. The van der Waals surface area contributed by atoms with Crippen LogP contribution >= 0.6 is 15.9 Å². The molecular weight excluding hydrogens is 426 g/mol. The third-order valence-corrected chi connectivity index (χ3v) is 4.32. The predicted molar refractivity (Wildman–Crippen MR) is 111 cm³/mol. The number of carbonyl (C=O) groups is 2. The van der Waals surface area contributed by atoms with Gasteiger partial charge in [-0.2, -0.15) is 5.10 Å². The fraction of sp³-hybridized carbons (Fsp3) is 0.250. The van der Waals surface area contributed by atoms with Crippen LogP contribution in [-0.4, -0.2) is 38.3 Å². The Bertz CT molecular complexity index is 838. The molecule has 0 fully saturated rings. The third-order valence-electron chi connectivity index (χ3n) is 3.59. The number of hydrazone groups is 1. The van der Waals surface area contributed by atoms with Crippen molar-refractivity contribution in [2.24, 2.45) is 5.10 Å². The Morgan fingerprint density at radius 2 is 1.86 bits per heavy atom. The molecule has 0 radical (unpaired) electrons. The Labute approximate surface area is 172 Å². The van der Waals surface area contributed by atoms with Gasteiger partial charge in [0.1, 0.15) is 11.5 Å². The molecule has 0 unspecified atom stereocenters. The Balaban J connectivity index is 1.81. The molecule has 0 atom stereocenters. The summed E-state index contributed by atoms with van der Waals surface area (Å²) in [5.41, 5.74) is 3.56. The van der Waals surface area contributed by atoms with Crippen molar-refractivity contribution in [2.45, 2.75) is 13.3 Å². The molecule has 0 aromatic heterocycles. The molecule has 2 aromatic carbocycles. The van der Waals surface area contributed by atoms with Crippen LogP contribution in [0, 0.1) is 0 Å². The molecule has 0 aliphatic heterocycles. The highest BCUT2D eigenvalue weighted by Gasteiger charge is 2.08. The zero-order chi connectivity index (χ0) is 20.4. The summed E-state index contributed by atoms with van der Waals surface area (Å²) >= 11 is 3.40. The van der Waals surface area contributed by atoms with Gasteiger partial charge in [0.25, 0.3) is 11.8 Å². The van der Waals surface area contributed by atoms with Crippen molar-refractivity contribution < 1.29 is 19.1 Å². The highest BCUT2D eigenvalue weighted by atomic mass is 79.9. The van der Waals surface area contributed by atoms with E-state index in [0.717, 1.165) is 16.5 Å². The first-order chi connectivity index (χ1) is 13.5. The summed E-state index contributed by atoms with van der Waals surface area (Å²) in [6.07, 6.45) is 2.40. The molecule has 8 heteroatoms. The number of carbonyl (C=O) groups excluding carboxylic acids is 2. The minimum atomic E-state index is -0.438. The average molecular weight is 448 g/mol. The lowest BCUT2D eigenvalue weighted by atomic mass is 10.2. The normalized spacial score (nSPS) is 10.5. The van der Waals surface area contributed by atoms with Crippen molar-refractivity contribution in [1.82, 2.24) is 10.7 Å². The number of benzene rings is 2. The highest BCUT2D eigenvalue weighted by molar-refractivity contribution is 9.10. The zero-order valence-corrected chi connectivity index (χ0v) is 17.3. The fourth-order valence-corrected chi connectivity index (χ4v) is 2.50. The SMILES string of the molecule is CCCOc1ccc(C(=O)NCC(=O)N/N=C/c2cc(OC)ccc2Br)cc1. The molecule has 2 amide bonds. The van der Waals surface area contributed by atoms with E-state index < -0.39 is 5.91 Å². The molecule has 0 spiro atoms. The number of hydrogen-bond acceptors (Lipinski definition) is 5. The number of ether oxygens (including phenoxy) is 2. The summed E-state index contributed by atoms with van der Waals surface area (Å²) in [5.74, 6) is 0.590. The van der Waals surface area contributed by atoms with E-state index >= 15 is 0 Å². The van der Waals surface area contributed by atoms with Gasteiger partial charge in [0.2, 0.25) is 0 Å². The van der Waals surface area contributed by atoms with Gasteiger partial charge in [-0.15, -0.1) is 0 Å². The van der Waals surface area contributed by atoms with Crippen LogP contribution in [0.1, 0.15) is 29.3 Å². The van der Waals surface area contributed by atoms with E-state index in [0.29, 0.717) is 23.7 Å². The average Bonchev–Trinajstić information content (AvgIpc) is 2.72. The summed E-state index contributed by atoms with van der Waals surface area (Å²) < 4.78 is 11.4. The molecule has 7 nitrogen and oxygen atoms in total. The van der Waals surface area contributed by atoms with Crippen LogP contribution in [0.15, 0.2) is 52.0 Å². The lowest BCUT2D eigenvalue weighted by Crippen LogP contribution is -2.34. The first-order valence-electron chi connectivity index (χ1n) is 8.70. The standard InChI is InChI=1S/C20H22BrN3O4/c1-3-10-28-16-6-4-14(5-7-16)20(26)22-13-19(25)24-23-12-15-11-17(27-2)8-9-18(15)21/h4-9,11-12H,3,10,13H2,1-2H3,(H,22,26)(H,24,25)/b23-12+. The maximum atomic E-state index is 12.1. The smallest absolute Gasteiger partial charge is 0.259 e. The van der Waals surface area contributed by atoms with Gasteiger partial charge < -0.3 is 14.8 Å². The number of nitrogens with one attached hydrogen (secondary N) is 2. The monoisotopic (exact) mass is 447 g/mol. The van der Waals surface area contributed by atoms with Gasteiger partial charge in [0.15, 0.2) is 0 Å². The van der Waals surface area contributed by atoms with Gasteiger partial charge in [0, 0.05) is 15.6 Å². The van der Waals surface area contributed by atoms with Crippen LogP contribution in [0.2, 0.25) is 0 Å². The summed E-state index contributed by atoms with van der Waals surface area (Å²) in [7, 11) is 1.57. The molecule has 0 heterocycles. The van der Waals surface area contributed by atoms with Gasteiger partial charge in [-0.25, -0.2) is 5.43 Å². The van der Waals surface area contributed by atoms with Crippen LogP contribution in [0.5, 0.6) is 11.5 Å². The first-order valence-corrected chi connectivity index (χ1v) is 9.49. The summed E-state index contributed by atoms with van der Waals surface area (Å²) in [6.45, 7) is 2.45. The zero-order valence-electron chi connectivity index (χ0n) is 15.7. The Kier molecular flexibility index (Phi) is 8.48. The van der Waals surface area contributed by atoms with Crippen molar-refractivity contribution in [3.05, 3.63) is 58.1 Å². The van der Waals surface area contributed by atoms with E-state index in [1.165, 1.54) is 6.21 Å². The van der Waals surface area contributed by atoms with E-state index in [9.17, 15) is 9.59 Å². The highest BCUT2D eigenvalue weighted by Crippen LogP contribution is 2.20. The number of hydrogen-bond donors (Lipinski definition) is 2. The van der Waals surface area contributed by atoms with Crippen molar-refractivity contribution in [3.8, 4) is 11.5 Å². The lowest BCUT2D eigenvalue weighted by molar-refractivity contribution is -0.120. The maximum Gasteiger partial charge on any atom is 0.259 e. The minimum absolute atomic E-state index is 0.191. The molecule has 0 saturated heterocycles. The molecule has 0 aliphatic rings. The number of methoxy groups -OCH3 is 1. The molecule has 0 bridgehead atoms. The Morgan fingerprint density at radius 1 is 1.14 bits per heavy atom. The van der Waals surface area contributed by atoms with Crippen LogP contribution in [0.3, 0.4) is 0 Å². The van der Waals surface area contributed by atoms with Gasteiger partial charge in [-0.3, -0.25) is 9.59 Å². The van der Waals surface area contributed by atoms with Gasteiger partial charge in [0.05, 0.1) is 26.5 Å². The maximum absolute atomic E-state index is 12.1. The minimum Gasteiger partial charge on any atom is -0.497 e. The summed E-state index contributed by atoms with van der Waals surface area (Å²) in [5, 5.41) is 6.44. The molecule has 2 rings (SSSR count). The second kappa shape index (κ2) is 11.1. The van der Waals surface area contributed by atoms with Crippen molar-refractivity contribution in [2.75, 3.05) is 20.3 Å². The molecule has 0 aliphatic carbocycles. The molecule has 2 N–H and O–H groups in total. The topological polar surface area (TPSA) is 89.0 Å². The second-order valence-corrected chi connectivity index (χ2v) is 6.59. The number of halogens is 1. The lowest BCUT2D eigenvalue weighted by Gasteiger charge is -2.07. The summed E-state index contributed by atoms with van der Waals surface area (Å²) in [6, 6.07) is 12.1. The van der Waals surface area contributed by atoms with Gasteiger partial charge in [-0.1, -0.05) is 22.9 Å². The van der Waals surface area contributed by atoms with Gasteiger partial charge >= 0.3 is 0 Å². The first kappa shape index (κ1) is 21.4. The molecular formula is C20H22BrN3O4. The molecule has 2 aromatic rings. The van der Waals surface area contributed by atoms with Crippen molar-refractivity contribution >= 4 is 34.0 Å². The van der Waals surface area contributed by atoms with E-state index in [1.807, 2.05) is 13.0 Å². The van der Waals surface area contributed by atoms with Crippen molar-refractivity contribution in [3.63, 3.8) is 0 Å². The van der Waals surface area contributed by atoms with Crippen LogP contribution in [0.4, 0.5) is 0 Å². The van der Waals surface area contributed by atoms with E-state index in [-0.39, 0.29) is 12.5 Å². The largest absolute Gasteiger partial charge is 0.497 e. The molecule has 28 heavy (non-hydrogen) atoms. The van der Waals surface area contributed by atoms with E-state index in [1.54, 1.807) is 43.5 Å². The Morgan fingerprint density at radius 3 is 2.54 bits per heavy atom. The Hall–Kier alpha value is -2.87. The van der Waals surface area contributed by atoms with Crippen molar-refractivity contribution in [1.29, 1.82) is 0 Å². The number of amides is 2. The second-order valence-electron chi connectivity index (χ2n) is 5.74. The quantitative estimate of drug-likeness (QED) is 0.456. The third kappa shape index (κ3) is 6.70. The van der Waals surface area contributed by atoms with Crippen LogP contribution in [0.25, 0.3) is 0 Å². The van der Waals surface area contributed by atoms with E-state index in [2.05, 4.69) is 31.8 Å². The fourth-order valence-electron chi connectivity index (χ4n) is 2.15. The summed E-state index contributed by atoms with van der Waals surface area (Å²) in [4.78, 5) is 23.9. The van der Waals surface area contributed by atoms with Crippen LogP contribution in [-0.2, 0) is 4.79 Å². The predicted octanol–water partition coefficient (Wildman–Crippen LogP) is 3.13. The number of nitrogens with zero attached hydrogens (tertiary/aromatic N) is 1. The molecule has 148 valence electrons. The van der Waals surface area contributed by atoms with E-state index in [4.69, 9.17) is 9.47 Å². The molecule has 0 saturated carbocycles. The van der Waals surface area contributed by atoms with Crippen LogP contribution < -0.4 is 20.2 Å².